The van der Waals surface area contributed by atoms with Gasteiger partial charge in [-0.25, -0.2) is 0 Å². The normalized spacial score (nSPS) is 12.6. The average Bonchev–Trinajstić information content (AvgIpc) is 2.89. The summed E-state index contributed by atoms with van der Waals surface area (Å²) in [6, 6.07) is 6.88. The largest absolute Gasteiger partial charge is 0.433 e. The molecule has 0 spiro atoms. The SMILES string of the molecule is CNC(c1ccc([N+](=O)[O-])o1)c1ccc(C)s1. The highest BCUT2D eigenvalue weighted by molar-refractivity contribution is 7.12. The summed E-state index contributed by atoms with van der Waals surface area (Å²) in [5, 5.41) is 13.7. The number of nitrogens with one attached hydrogen (secondary N) is 1. The zero-order chi connectivity index (χ0) is 12.4. The van der Waals surface area contributed by atoms with Crippen LogP contribution in [0.15, 0.2) is 28.7 Å². The molecule has 6 heteroatoms. The maximum Gasteiger partial charge on any atom is 0.433 e. The molecule has 0 aromatic carbocycles. The van der Waals surface area contributed by atoms with Crippen molar-refractivity contribution in [2.75, 3.05) is 7.05 Å². The van der Waals surface area contributed by atoms with E-state index in [4.69, 9.17) is 4.42 Å². The van der Waals surface area contributed by atoms with E-state index in [-0.39, 0.29) is 11.9 Å². The molecule has 2 rings (SSSR count). The molecule has 2 aromatic rings. The molecule has 1 atom stereocenters. The first-order valence-electron chi connectivity index (χ1n) is 5.09. The molecule has 0 fully saturated rings. The molecule has 0 amide bonds. The summed E-state index contributed by atoms with van der Waals surface area (Å²) in [5.41, 5.74) is 0. The third kappa shape index (κ3) is 2.37. The molecule has 0 aliphatic carbocycles. The molecule has 17 heavy (non-hydrogen) atoms. The maximum atomic E-state index is 10.6. The highest BCUT2D eigenvalue weighted by Crippen LogP contribution is 2.30. The summed E-state index contributed by atoms with van der Waals surface area (Å²) < 4.78 is 5.21. The molecule has 2 aromatic heterocycles. The van der Waals surface area contributed by atoms with Crippen LogP contribution in [0.4, 0.5) is 5.88 Å². The number of nitrogens with zero attached hydrogens (tertiary/aromatic N) is 1. The second kappa shape index (κ2) is 4.68. The third-order valence-electron chi connectivity index (χ3n) is 2.41. The number of hydrogen-bond acceptors (Lipinski definition) is 5. The third-order valence-corrected chi connectivity index (χ3v) is 3.48. The molecular weight excluding hydrogens is 240 g/mol. The standard InChI is InChI=1S/C11H12N2O3S/c1-7-3-5-9(17-7)11(12-2)8-4-6-10(16-8)13(14)15/h3-6,11-12H,1-2H3. The fourth-order valence-corrected chi connectivity index (χ4v) is 2.62. The van der Waals surface area contributed by atoms with Crippen LogP contribution >= 0.6 is 11.3 Å². The minimum atomic E-state index is -0.532. The lowest BCUT2D eigenvalue weighted by molar-refractivity contribution is -0.402. The van der Waals surface area contributed by atoms with Crippen LogP contribution in [-0.2, 0) is 0 Å². The lowest BCUT2D eigenvalue weighted by Gasteiger charge is -2.10. The lowest BCUT2D eigenvalue weighted by Crippen LogP contribution is -2.15. The second-order valence-corrected chi connectivity index (χ2v) is 4.92. The fraction of sp³-hybridized carbons (Fsp3) is 0.273. The minimum absolute atomic E-state index is 0.137. The quantitative estimate of drug-likeness (QED) is 0.671. The lowest BCUT2D eigenvalue weighted by atomic mass is 10.2. The van der Waals surface area contributed by atoms with Crippen LogP contribution in [0.3, 0.4) is 0 Å². The Kier molecular flexibility index (Phi) is 3.26. The van der Waals surface area contributed by atoms with Crippen LogP contribution in [0.1, 0.15) is 21.6 Å². The number of hydrogen-bond donors (Lipinski definition) is 1. The van der Waals surface area contributed by atoms with Crippen molar-refractivity contribution in [1.29, 1.82) is 0 Å². The minimum Gasteiger partial charge on any atom is -0.404 e. The Bertz CT molecular complexity index is 532. The van der Waals surface area contributed by atoms with Crippen LogP contribution in [-0.4, -0.2) is 12.0 Å². The van der Waals surface area contributed by atoms with E-state index >= 15 is 0 Å². The Balaban J connectivity index is 2.31. The first-order chi connectivity index (χ1) is 8.11. The first-order valence-corrected chi connectivity index (χ1v) is 5.91. The predicted octanol–water partition coefficient (Wildman–Crippen LogP) is 2.87. The summed E-state index contributed by atoms with van der Waals surface area (Å²) >= 11 is 1.64. The molecule has 1 unspecified atom stereocenters. The highest BCUT2D eigenvalue weighted by atomic mass is 32.1. The zero-order valence-electron chi connectivity index (χ0n) is 9.47. The molecule has 90 valence electrons. The van der Waals surface area contributed by atoms with E-state index in [1.165, 1.54) is 10.9 Å². The van der Waals surface area contributed by atoms with E-state index < -0.39 is 4.92 Å². The van der Waals surface area contributed by atoms with Gasteiger partial charge in [0.15, 0.2) is 0 Å². The highest BCUT2D eigenvalue weighted by Gasteiger charge is 2.21. The number of thiophene rings is 1. The number of nitro groups is 1. The smallest absolute Gasteiger partial charge is 0.404 e. The molecule has 0 saturated carbocycles. The monoisotopic (exact) mass is 252 g/mol. The van der Waals surface area contributed by atoms with E-state index in [2.05, 4.69) is 5.32 Å². The summed E-state index contributed by atoms with van der Waals surface area (Å²) in [5.74, 6) is 0.328. The van der Waals surface area contributed by atoms with Gasteiger partial charge in [0.05, 0.1) is 6.07 Å². The second-order valence-electron chi connectivity index (χ2n) is 3.60. The van der Waals surface area contributed by atoms with Gasteiger partial charge >= 0.3 is 5.88 Å². The van der Waals surface area contributed by atoms with Gasteiger partial charge in [-0.1, -0.05) is 0 Å². The van der Waals surface area contributed by atoms with Gasteiger partial charge in [0.1, 0.15) is 16.7 Å². The molecular formula is C11H12N2O3S. The van der Waals surface area contributed by atoms with E-state index in [1.807, 2.05) is 19.1 Å². The van der Waals surface area contributed by atoms with Crippen LogP contribution in [0.25, 0.3) is 0 Å². The van der Waals surface area contributed by atoms with Crippen molar-refractivity contribution in [2.45, 2.75) is 13.0 Å². The topological polar surface area (TPSA) is 68.3 Å². The number of furan rings is 1. The molecule has 5 nitrogen and oxygen atoms in total. The molecule has 0 aliphatic heterocycles. The van der Waals surface area contributed by atoms with E-state index in [0.29, 0.717) is 5.76 Å². The Morgan fingerprint density at radius 2 is 2.18 bits per heavy atom. The van der Waals surface area contributed by atoms with Gasteiger partial charge in [-0.15, -0.1) is 11.3 Å². The van der Waals surface area contributed by atoms with Crippen LogP contribution in [0, 0.1) is 17.0 Å². The molecule has 0 aliphatic rings. The molecule has 0 saturated heterocycles. The number of rotatable bonds is 4. The molecule has 1 N–H and O–H groups in total. The van der Waals surface area contributed by atoms with Gasteiger partial charge in [0.25, 0.3) is 0 Å². The Morgan fingerprint density at radius 1 is 1.41 bits per heavy atom. The fourth-order valence-electron chi connectivity index (χ4n) is 1.63. The van der Waals surface area contributed by atoms with Crippen molar-refractivity contribution in [1.82, 2.24) is 5.32 Å². The molecule has 0 bridgehead atoms. The summed E-state index contributed by atoms with van der Waals surface area (Å²) in [6.07, 6.45) is 0. The van der Waals surface area contributed by atoms with Crippen LogP contribution < -0.4 is 5.32 Å². The Labute approximate surface area is 102 Å². The van der Waals surface area contributed by atoms with Gasteiger partial charge in [-0.3, -0.25) is 10.1 Å². The van der Waals surface area contributed by atoms with Crippen LogP contribution in [0.2, 0.25) is 0 Å². The van der Waals surface area contributed by atoms with Gasteiger partial charge in [0.2, 0.25) is 0 Å². The van der Waals surface area contributed by atoms with Crippen molar-refractivity contribution in [3.8, 4) is 0 Å². The van der Waals surface area contributed by atoms with Crippen molar-refractivity contribution >= 4 is 17.2 Å². The Morgan fingerprint density at radius 3 is 2.65 bits per heavy atom. The maximum absolute atomic E-state index is 10.6. The van der Waals surface area contributed by atoms with Gasteiger partial charge in [-0.2, -0.15) is 0 Å². The van der Waals surface area contributed by atoms with Gasteiger partial charge in [-0.05, 0) is 32.2 Å². The summed E-state index contributed by atoms with van der Waals surface area (Å²) in [4.78, 5) is 12.3. The molecule has 2 heterocycles. The predicted molar refractivity (Wildman–Crippen MR) is 65.3 cm³/mol. The van der Waals surface area contributed by atoms with E-state index in [0.717, 1.165) is 4.88 Å². The number of aryl methyl sites for hydroxylation is 1. The Hall–Kier alpha value is -1.66. The van der Waals surface area contributed by atoms with Crippen molar-refractivity contribution in [3.05, 3.63) is 49.9 Å². The first kappa shape index (κ1) is 11.8. The average molecular weight is 252 g/mol. The van der Waals surface area contributed by atoms with E-state index in [1.54, 1.807) is 24.5 Å². The van der Waals surface area contributed by atoms with E-state index in [9.17, 15) is 10.1 Å². The summed E-state index contributed by atoms with van der Waals surface area (Å²) in [6.45, 7) is 2.02. The van der Waals surface area contributed by atoms with Crippen molar-refractivity contribution in [2.24, 2.45) is 0 Å². The van der Waals surface area contributed by atoms with Crippen molar-refractivity contribution < 1.29 is 9.34 Å². The zero-order valence-corrected chi connectivity index (χ0v) is 10.3. The molecule has 0 radical (unpaired) electrons. The van der Waals surface area contributed by atoms with Gasteiger partial charge in [0, 0.05) is 9.75 Å². The van der Waals surface area contributed by atoms with Gasteiger partial charge < -0.3 is 9.73 Å². The van der Waals surface area contributed by atoms with Crippen LogP contribution in [0.5, 0.6) is 0 Å². The van der Waals surface area contributed by atoms with Crippen molar-refractivity contribution in [3.63, 3.8) is 0 Å². The summed E-state index contributed by atoms with van der Waals surface area (Å²) in [7, 11) is 1.80.